The lowest BCUT2D eigenvalue weighted by Gasteiger charge is -2.09. The van der Waals surface area contributed by atoms with Crippen LogP contribution in [-0.4, -0.2) is 36.3 Å². The molecule has 0 radical (unpaired) electrons. The zero-order valence-electron chi connectivity index (χ0n) is 15.8. The molecule has 0 saturated carbocycles. The maximum Gasteiger partial charge on any atom is 0.239 e. The molecule has 1 N–H and O–H groups in total. The average Bonchev–Trinajstić information content (AvgIpc) is 3.05. The van der Waals surface area contributed by atoms with Crippen LogP contribution in [0.5, 0.6) is 11.5 Å². The fraction of sp³-hybridized carbons (Fsp3) is 0.250. The molecule has 2 aromatic carbocycles. The first kappa shape index (κ1) is 21.5. The number of carbonyl (C=O) groups is 1. The number of nitrogens with one attached hydrogen (secondary N) is 1. The van der Waals surface area contributed by atoms with Gasteiger partial charge in [-0.2, -0.15) is 5.10 Å². The minimum atomic E-state index is -0.299. The van der Waals surface area contributed by atoms with Crippen molar-refractivity contribution in [3.05, 3.63) is 57.6 Å². The molecule has 1 heterocycles. The van der Waals surface area contributed by atoms with E-state index in [2.05, 4.69) is 15.5 Å². The minimum absolute atomic E-state index is 0.113. The monoisotopic (exact) mass is 451 g/mol. The number of hydrogen-bond acceptors (Lipinski definition) is 6. The second-order valence-electron chi connectivity index (χ2n) is 6.04. The van der Waals surface area contributed by atoms with E-state index < -0.39 is 0 Å². The highest BCUT2D eigenvalue weighted by Crippen LogP contribution is 2.28. The Labute approximate surface area is 183 Å². The number of carbonyl (C=O) groups excluding carboxylic acids is 1. The summed E-state index contributed by atoms with van der Waals surface area (Å²) in [5.41, 5.74) is 1.73. The number of ether oxygens (including phenoxy) is 2. The molecular formula is C20H19Cl2N3O3S. The molecular weight excluding hydrogens is 433 g/mol. The molecule has 9 heteroatoms. The van der Waals surface area contributed by atoms with Crippen LogP contribution in [0, 0.1) is 0 Å². The van der Waals surface area contributed by atoms with Crippen LogP contribution < -0.4 is 14.8 Å². The molecule has 1 aliphatic heterocycles. The summed E-state index contributed by atoms with van der Waals surface area (Å²) in [6.45, 7) is 2.46. The van der Waals surface area contributed by atoms with Gasteiger partial charge in [0.2, 0.25) is 5.91 Å². The molecule has 1 aliphatic rings. The Balaban J connectivity index is 1.64. The topological polar surface area (TPSA) is 72.3 Å². The molecule has 3 rings (SSSR count). The second kappa shape index (κ2) is 10.0. The van der Waals surface area contributed by atoms with E-state index in [0.29, 0.717) is 39.7 Å². The molecule has 1 unspecified atom stereocenters. The van der Waals surface area contributed by atoms with Gasteiger partial charge in [-0.15, -0.1) is 5.10 Å². The molecule has 0 aliphatic carbocycles. The number of hydrogen-bond donors (Lipinski definition) is 1. The Morgan fingerprint density at radius 3 is 2.72 bits per heavy atom. The minimum Gasteiger partial charge on any atom is -0.493 e. The first-order valence-corrected chi connectivity index (χ1v) is 10.5. The van der Waals surface area contributed by atoms with Gasteiger partial charge in [0, 0.05) is 0 Å². The van der Waals surface area contributed by atoms with Crippen molar-refractivity contribution in [1.82, 2.24) is 5.32 Å². The number of nitrogens with zero attached hydrogens (tertiary/aromatic N) is 2. The van der Waals surface area contributed by atoms with Crippen LogP contribution in [0.25, 0.3) is 0 Å². The Morgan fingerprint density at radius 1 is 1.17 bits per heavy atom. The summed E-state index contributed by atoms with van der Waals surface area (Å²) >= 11 is 13.3. The largest absolute Gasteiger partial charge is 0.493 e. The van der Waals surface area contributed by atoms with Gasteiger partial charge >= 0.3 is 0 Å². The van der Waals surface area contributed by atoms with Gasteiger partial charge < -0.3 is 14.8 Å². The van der Waals surface area contributed by atoms with E-state index in [9.17, 15) is 4.79 Å². The second-order valence-corrected chi connectivity index (χ2v) is 8.05. The Morgan fingerprint density at radius 2 is 2.00 bits per heavy atom. The summed E-state index contributed by atoms with van der Waals surface area (Å²) in [6.07, 6.45) is 2.11. The van der Waals surface area contributed by atoms with Crippen molar-refractivity contribution in [3.8, 4) is 11.5 Å². The molecule has 2 aromatic rings. The van der Waals surface area contributed by atoms with Crippen molar-refractivity contribution in [3.63, 3.8) is 0 Å². The van der Waals surface area contributed by atoms with Crippen LogP contribution in [0.15, 0.2) is 46.6 Å². The lowest BCUT2D eigenvalue weighted by molar-refractivity contribution is -0.118. The van der Waals surface area contributed by atoms with Crippen molar-refractivity contribution >= 4 is 52.3 Å². The van der Waals surface area contributed by atoms with E-state index in [1.54, 1.807) is 25.5 Å². The fourth-order valence-electron chi connectivity index (χ4n) is 2.65. The summed E-state index contributed by atoms with van der Waals surface area (Å²) < 4.78 is 10.8. The third-order valence-electron chi connectivity index (χ3n) is 4.02. The van der Waals surface area contributed by atoms with E-state index in [0.717, 1.165) is 11.1 Å². The van der Waals surface area contributed by atoms with Gasteiger partial charge in [-0.3, -0.25) is 4.79 Å². The SMILES string of the molecule is CCOc1ccc(/C=N/N=C2\NC(=O)C(Cc3ccc(Cl)c(Cl)c3)S2)cc1OC. The van der Waals surface area contributed by atoms with Gasteiger partial charge in [0.05, 0.1) is 35.2 Å². The van der Waals surface area contributed by atoms with E-state index in [1.807, 2.05) is 31.2 Å². The molecule has 1 atom stereocenters. The summed E-state index contributed by atoms with van der Waals surface area (Å²) in [4.78, 5) is 12.2. The van der Waals surface area contributed by atoms with Crippen LogP contribution in [0.2, 0.25) is 10.0 Å². The van der Waals surface area contributed by atoms with Crippen LogP contribution in [0.1, 0.15) is 18.1 Å². The number of amidine groups is 1. The van der Waals surface area contributed by atoms with E-state index in [4.69, 9.17) is 32.7 Å². The van der Waals surface area contributed by atoms with Gasteiger partial charge in [0.25, 0.3) is 0 Å². The van der Waals surface area contributed by atoms with Gasteiger partial charge in [-0.1, -0.05) is 41.0 Å². The molecule has 152 valence electrons. The van der Waals surface area contributed by atoms with Crippen LogP contribution in [0.4, 0.5) is 0 Å². The van der Waals surface area contributed by atoms with Gasteiger partial charge in [0.15, 0.2) is 16.7 Å². The van der Waals surface area contributed by atoms with E-state index >= 15 is 0 Å². The summed E-state index contributed by atoms with van der Waals surface area (Å²) in [5.74, 6) is 1.17. The quantitative estimate of drug-likeness (QED) is 0.494. The summed E-state index contributed by atoms with van der Waals surface area (Å²) in [5, 5.41) is 12.0. The standard InChI is InChI=1S/C20H19Cl2N3O3S/c1-3-28-16-7-5-13(9-17(16)27-2)11-23-25-20-24-19(26)18(29-20)10-12-4-6-14(21)15(22)8-12/h4-9,11,18H,3,10H2,1-2H3,(H,24,25,26)/b23-11+. The third kappa shape index (κ3) is 5.65. The first-order valence-electron chi connectivity index (χ1n) is 8.83. The molecule has 0 aromatic heterocycles. The number of rotatable bonds is 7. The van der Waals surface area contributed by atoms with Crippen LogP contribution in [0.3, 0.4) is 0 Å². The van der Waals surface area contributed by atoms with E-state index in [-0.39, 0.29) is 11.2 Å². The normalized spacial score (nSPS) is 17.7. The highest BCUT2D eigenvalue weighted by atomic mass is 35.5. The first-order chi connectivity index (χ1) is 14.0. The smallest absolute Gasteiger partial charge is 0.239 e. The molecule has 1 saturated heterocycles. The highest BCUT2D eigenvalue weighted by molar-refractivity contribution is 8.15. The summed E-state index contributed by atoms with van der Waals surface area (Å²) in [6, 6.07) is 10.8. The van der Waals surface area contributed by atoms with Crippen LogP contribution in [-0.2, 0) is 11.2 Å². The fourth-order valence-corrected chi connectivity index (χ4v) is 3.94. The third-order valence-corrected chi connectivity index (χ3v) is 5.84. The van der Waals surface area contributed by atoms with Crippen LogP contribution >= 0.6 is 35.0 Å². The van der Waals surface area contributed by atoms with E-state index in [1.165, 1.54) is 11.8 Å². The lowest BCUT2D eigenvalue weighted by Crippen LogP contribution is -2.25. The number of benzene rings is 2. The van der Waals surface area contributed by atoms with Crippen molar-refractivity contribution in [2.45, 2.75) is 18.6 Å². The molecule has 1 amide bonds. The Kier molecular flexibility index (Phi) is 7.41. The van der Waals surface area contributed by atoms with Crippen molar-refractivity contribution < 1.29 is 14.3 Å². The average molecular weight is 452 g/mol. The Bertz CT molecular complexity index is 966. The molecule has 29 heavy (non-hydrogen) atoms. The van der Waals surface area contributed by atoms with Crippen molar-refractivity contribution in [1.29, 1.82) is 0 Å². The molecule has 6 nitrogen and oxygen atoms in total. The summed E-state index contributed by atoms with van der Waals surface area (Å²) in [7, 11) is 1.58. The van der Waals surface area contributed by atoms with Crippen molar-refractivity contribution in [2.75, 3.05) is 13.7 Å². The predicted octanol–water partition coefficient (Wildman–Crippen LogP) is 4.56. The van der Waals surface area contributed by atoms with Gasteiger partial charge in [-0.05, 0) is 54.8 Å². The van der Waals surface area contributed by atoms with Gasteiger partial charge in [0.1, 0.15) is 0 Å². The maximum absolute atomic E-state index is 12.2. The number of thioether (sulfide) groups is 1. The highest BCUT2D eigenvalue weighted by Gasteiger charge is 2.30. The number of methoxy groups -OCH3 is 1. The molecule has 0 bridgehead atoms. The van der Waals surface area contributed by atoms with Gasteiger partial charge in [-0.25, -0.2) is 0 Å². The molecule has 1 fully saturated rings. The zero-order valence-corrected chi connectivity index (χ0v) is 18.1. The number of halogens is 2. The number of amides is 1. The molecule has 0 spiro atoms. The maximum atomic E-state index is 12.2. The lowest BCUT2D eigenvalue weighted by atomic mass is 10.1. The van der Waals surface area contributed by atoms with Crippen molar-refractivity contribution in [2.24, 2.45) is 10.2 Å². The zero-order chi connectivity index (χ0) is 20.8. The predicted molar refractivity (Wildman–Crippen MR) is 119 cm³/mol. The Hall–Kier alpha value is -2.22.